The molecule has 3 aromatic rings. The van der Waals surface area contributed by atoms with Crippen LogP contribution < -0.4 is 5.32 Å². The van der Waals surface area contributed by atoms with Crippen LogP contribution in [0.15, 0.2) is 41.6 Å². The fourth-order valence-corrected chi connectivity index (χ4v) is 5.55. The van der Waals surface area contributed by atoms with Crippen molar-refractivity contribution in [1.29, 1.82) is 0 Å². The zero-order chi connectivity index (χ0) is 20.6. The first-order chi connectivity index (χ1) is 13.9. The molecule has 0 bridgehead atoms. The molecule has 1 aliphatic heterocycles. The molecule has 1 N–H and O–H groups in total. The lowest BCUT2D eigenvalue weighted by Gasteiger charge is -2.32. The predicted octanol–water partition coefficient (Wildman–Crippen LogP) is 3.10. The van der Waals surface area contributed by atoms with Crippen molar-refractivity contribution < 1.29 is 8.42 Å². The summed E-state index contributed by atoms with van der Waals surface area (Å²) in [6, 6.07) is 8.41. The van der Waals surface area contributed by atoms with Crippen molar-refractivity contribution in [1.82, 2.24) is 19.1 Å². The van der Waals surface area contributed by atoms with Crippen molar-refractivity contribution in [2.24, 2.45) is 7.05 Å². The number of piperidine rings is 1. The summed E-state index contributed by atoms with van der Waals surface area (Å²) in [7, 11) is -1.76. The van der Waals surface area contributed by atoms with E-state index in [0.717, 1.165) is 41.5 Å². The van der Waals surface area contributed by atoms with Crippen LogP contribution >= 0.6 is 0 Å². The van der Waals surface area contributed by atoms with Gasteiger partial charge in [0.25, 0.3) is 0 Å². The van der Waals surface area contributed by atoms with Gasteiger partial charge in [-0.05, 0) is 37.8 Å². The summed E-state index contributed by atoms with van der Waals surface area (Å²) in [6.45, 7) is 5.20. The summed E-state index contributed by atoms with van der Waals surface area (Å²) in [4.78, 5) is 5.00. The van der Waals surface area contributed by atoms with Crippen LogP contribution in [0.4, 0.5) is 5.69 Å². The van der Waals surface area contributed by atoms with E-state index in [1.807, 2.05) is 18.2 Å². The predicted molar refractivity (Wildman–Crippen MR) is 114 cm³/mol. The first-order valence-corrected chi connectivity index (χ1v) is 11.5. The van der Waals surface area contributed by atoms with E-state index < -0.39 is 10.0 Å². The molecule has 0 saturated carbocycles. The minimum Gasteiger partial charge on any atom is -0.381 e. The Labute approximate surface area is 171 Å². The Morgan fingerprint density at radius 3 is 2.59 bits per heavy atom. The van der Waals surface area contributed by atoms with Gasteiger partial charge < -0.3 is 5.32 Å². The van der Waals surface area contributed by atoms with Gasteiger partial charge in [-0.2, -0.15) is 9.40 Å². The highest BCUT2D eigenvalue weighted by molar-refractivity contribution is 7.89. The summed E-state index contributed by atoms with van der Waals surface area (Å²) in [5, 5.41) is 8.84. The topological polar surface area (TPSA) is 80.1 Å². The Bertz CT molecular complexity index is 1130. The molecule has 0 spiro atoms. The maximum Gasteiger partial charge on any atom is 0.246 e. The highest BCUT2D eigenvalue weighted by atomic mass is 32.2. The molecular weight excluding hydrogens is 386 g/mol. The zero-order valence-corrected chi connectivity index (χ0v) is 17.9. The molecule has 154 valence electrons. The quantitative estimate of drug-likeness (QED) is 0.695. The maximum atomic E-state index is 12.8. The first kappa shape index (κ1) is 19.8. The lowest BCUT2D eigenvalue weighted by Crippen LogP contribution is -2.42. The molecule has 0 unspecified atom stereocenters. The number of benzene rings is 1. The Morgan fingerprint density at radius 1 is 1.21 bits per heavy atom. The molecule has 1 fully saturated rings. The smallest absolute Gasteiger partial charge is 0.246 e. The van der Waals surface area contributed by atoms with Gasteiger partial charge in [0.15, 0.2) is 0 Å². The van der Waals surface area contributed by atoms with E-state index in [1.54, 1.807) is 17.5 Å². The van der Waals surface area contributed by atoms with Crippen molar-refractivity contribution in [2.75, 3.05) is 18.4 Å². The molecule has 7 nitrogen and oxygen atoms in total. The molecule has 0 aliphatic carbocycles. The number of nitrogens with one attached hydrogen (secondary N) is 1. The molecule has 8 heteroatoms. The Kier molecular flexibility index (Phi) is 5.31. The Hall–Kier alpha value is -2.45. The molecule has 0 amide bonds. The van der Waals surface area contributed by atoms with Crippen LogP contribution in [-0.4, -0.2) is 46.6 Å². The van der Waals surface area contributed by atoms with E-state index in [2.05, 4.69) is 30.3 Å². The standard InChI is InChI=1S/C21H27N5O2S/c1-4-18-15(2)23-20-8-6-5-7-19(20)21(18)24-16-9-11-26(12-10-16)29(27,28)17-13-22-25(3)14-17/h5-8,13-14,16H,4,9-12H2,1-3H3,(H,23,24). The molecule has 1 saturated heterocycles. The van der Waals surface area contributed by atoms with Crippen molar-refractivity contribution >= 4 is 26.6 Å². The van der Waals surface area contributed by atoms with Gasteiger partial charge in [-0.3, -0.25) is 9.67 Å². The number of fused-ring (bicyclic) bond motifs is 1. The van der Waals surface area contributed by atoms with Gasteiger partial charge in [-0.25, -0.2) is 8.42 Å². The highest BCUT2D eigenvalue weighted by Gasteiger charge is 2.30. The second-order valence-electron chi connectivity index (χ2n) is 7.59. The summed E-state index contributed by atoms with van der Waals surface area (Å²) in [5.41, 5.74) is 4.41. The zero-order valence-electron chi connectivity index (χ0n) is 17.1. The summed E-state index contributed by atoms with van der Waals surface area (Å²) < 4.78 is 28.7. The van der Waals surface area contributed by atoms with Crippen LogP contribution in [0.1, 0.15) is 31.0 Å². The van der Waals surface area contributed by atoms with Crippen LogP contribution in [0.3, 0.4) is 0 Å². The van der Waals surface area contributed by atoms with Gasteiger partial charge in [0, 0.05) is 49.1 Å². The number of nitrogens with zero attached hydrogens (tertiary/aromatic N) is 4. The van der Waals surface area contributed by atoms with Gasteiger partial charge in [-0.1, -0.05) is 25.1 Å². The van der Waals surface area contributed by atoms with Crippen molar-refractivity contribution in [3.63, 3.8) is 0 Å². The molecule has 4 rings (SSSR count). The molecular formula is C21H27N5O2S. The number of anilines is 1. The fourth-order valence-electron chi connectivity index (χ4n) is 4.10. The fraction of sp³-hybridized carbons (Fsp3) is 0.429. The monoisotopic (exact) mass is 413 g/mol. The Morgan fingerprint density at radius 2 is 1.93 bits per heavy atom. The van der Waals surface area contributed by atoms with Crippen LogP contribution in [-0.2, 0) is 23.5 Å². The van der Waals surface area contributed by atoms with E-state index in [-0.39, 0.29) is 10.9 Å². The van der Waals surface area contributed by atoms with Gasteiger partial charge in [0.05, 0.1) is 11.7 Å². The molecule has 1 aliphatic rings. The SMILES string of the molecule is CCc1c(C)nc2ccccc2c1NC1CCN(S(=O)(=O)c2cnn(C)c2)CC1. The number of hydrogen-bond acceptors (Lipinski definition) is 5. The van der Waals surface area contributed by atoms with Crippen LogP contribution in [0.2, 0.25) is 0 Å². The second kappa shape index (κ2) is 7.76. The lowest BCUT2D eigenvalue weighted by molar-refractivity contribution is 0.329. The summed E-state index contributed by atoms with van der Waals surface area (Å²) in [5.74, 6) is 0. The maximum absolute atomic E-state index is 12.8. The first-order valence-electron chi connectivity index (χ1n) is 10.0. The number of rotatable bonds is 5. The average Bonchev–Trinajstić information content (AvgIpc) is 3.16. The molecule has 0 radical (unpaired) electrons. The molecule has 2 aromatic heterocycles. The van der Waals surface area contributed by atoms with E-state index in [1.165, 1.54) is 16.4 Å². The van der Waals surface area contributed by atoms with Crippen molar-refractivity contribution in [3.05, 3.63) is 47.9 Å². The second-order valence-corrected chi connectivity index (χ2v) is 9.53. The number of para-hydroxylation sites is 1. The number of pyridine rings is 1. The van der Waals surface area contributed by atoms with Gasteiger partial charge in [-0.15, -0.1) is 0 Å². The number of hydrogen-bond donors (Lipinski definition) is 1. The van der Waals surface area contributed by atoms with Crippen molar-refractivity contribution in [3.8, 4) is 0 Å². The molecule has 3 heterocycles. The summed E-state index contributed by atoms with van der Waals surface area (Å²) >= 11 is 0. The van der Waals surface area contributed by atoms with E-state index in [0.29, 0.717) is 13.1 Å². The molecule has 29 heavy (non-hydrogen) atoms. The van der Waals surface area contributed by atoms with Crippen LogP contribution in [0.5, 0.6) is 0 Å². The van der Waals surface area contributed by atoms with Gasteiger partial charge in [0.1, 0.15) is 4.90 Å². The van der Waals surface area contributed by atoms with Gasteiger partial charge >= 0.3 is 0 Å². The van der Waals surface area contributed by atoms with Crippen LogP contribution in [0, 0.1) is 6.92 Å². The summed E-state index contributed by atoms with van der Waals surface area (Å²) in [6.07, 6.45) is 5.40. The molecule has 1 aromatic carbocycles. The minimum absolute atomic E-state index is 0.228. The third-order valence-electron chi connectivity index (χ3n) is 5.67. The van der Waals surface area contributed by atoms with E-state index >= 15 is 0 Å². The number of aryl methyl sites for hydroxylation is 2. The average molecular weight is 414 g/mol. The van der Waals surface area contributed by atoms with Crippen molar-refractivity contribution in [2.45, 2.75) is 44.0 Å². The largest absolute Gasteiger partial charge is 0.381 e. The normalized spacial score (nSPS) is 16.4. The van der Waals surface area contributed by atoms with E-state index in [9.17, 15) is 8.42 Å². The molecule has 0 atom stereocenters. The number of aromatic nitrogens is 3. The van der Waals surface area contributed by atoms with E-state index in [4.69, 9.17) is 4.98 Å². The third-order valence-corrected chi connectivity index (χ3v) is 7.53. The van der Waals surface area contributed by atoms with Crippen LogP contribution in [0.25, 0.3) is 10.9 Å². The third kappa shape index (κ3) is 3.74. The highest BCUT2D eigenvalue weighted by Crippen LogP contribution is 2.31. The minimum atomic E-state index is -3.48. The van der Waals surface area contributed by atoms with Gasteiger partial charge in [0.2, 0.25) is 10.0 Å². The Balaban J connectivity index is 1.53. The number of sulfonamides is 1. The lowest BCUT2D eigenvalue weighted by atomic mass is 10.0.